The number of carboxylic acid groups (broad SMARTS) is 1. The Morgan fingerprint density at radius 3 is 2.64 bits per heavy atom. The lowest BCUT2D eigenvalue weighted by Gasteiger charge is -2.45. The topological polar surface area (TPSA) is 135 Å². The largest absolute Gasteiger partial charge is 0.480 e. The molecule has 2 heterocycles. The summed E-state index contributed by atoms with van der Waals surface area (Å²) < 4.78 is 21.1. The van der Waals surface area contributed by atoms with Crippen LogP contribution in [0.25, 0.3) is 0 Å². The zero-order valence-corrected chi connectivity index (χ0v) is 19.0. The molecule has 1 unspecified atom stereocenters. The van der Waals surface area contributed by atoms with Gasteiger partial charge in [-0.05, 0) is 31.6 Å². The lowest BCUT2D eigenvalue weighted by molar-refractivity contribution is -0.154. The Balaban J connectivity index is 1.35. The number of esters is 1. The summed E-state index contributed by atoms with van der Waals surface area (Å²) in [6.07, 6.45) is 7.19. The zero-order valence-electron chi connectivity index (χ0n) is 19.0. The zero-order chi connectivity index (χ0) is 23.6. The van der Waals surface area contributed by atoms with Crippen molar-refractivity contribution >= 4 is 11.9 Å². The maximum Gasteiger partial charge on any atom is 0.332 e. The van der Waals surface area contributed by atoms with E-state index >= 15 is 0 Å². The second-order valence-corrected chi connectivity index (χ2v) is 9.00. The van der Waals surface area contributed by atoms with E-state index in [9.17, 15) is 19.8 Å². The van der Waals surface area contributed by atoms with Gasteiger partial charge >= 0.3 is 11.9 Å². The summed E-state index contributed by atoms with van der Waals surface area (Å²) >= 11 is 0. The van der Waals surface area contributed by atoms with Crippen LogP contribution < -0.4 is 0 Å². The van der Waals surface area contributed by atoms with E-state index in [0.29, 0.717) is 18.5 Å². The summed E-state index contributed by atoms with van der Waals surface area (Å²) in [5, 5.41) is 28.2. The van der Waals surface area contributed by atoms with Crippen LogP contribution in [0.2, 0.25) is 0 Å². The molecule has 0 saturated carbocycles. The van der Waals surface area contributed by atoms with Crippen LogP contribution in [0.5, 0.6) is 0 Å². The Hall–Kier alpha value is -1.56. The molecule has 2 fully saturated rings. The number of carboxylic acids is 1. The van der Waals surface area contributed by atoms with Gasteiger partial charge in [0.15, 0.2) is 0 Å². The van der Waals surface area contributed by atoms with Crippen LogP contribution in [-0.2, 0) is 28.5 Å². The molecular formula is C23H37NO9. The number of rotatable bonds is 14. The number of aliphatic carboxylic acids is 1. The standard InChI is InChI=1S/C23H37NO9/c25-6-2-4-17-19-11-16-3-1-5-21(18(16)12-24(19)13-20(17)26)33-15-23(29)32-10-9-30-7-8-31-14-22(27)28/h1,5,16-21,25-26H,2-4,6-15H2,(H,27,28)/t16-,17+,18+,19+,20+,21?/m0/s1. The number of hydrogen-bond donors (Lipinski definition) is 3. The molecule has 10 nitrogen and oxygen atoms in total. The molecular weight excluding hydrogens is 434 g/mol. The van der Waals surface area contributed by atoms with E-state index in [0.717, 1.165) is 32.2 Å². The van der Waals surface area contributed by atoms with Crippen LogP contribution >= 0.6 is 0 Å². The van der Waals surface area contributed by atoms with Crippen molar-refractivity contribution in [3.8, 4) is 0 Å². The first kappa shape index (κ1) is 26.1. The molecule has 0 amide bonds. The third-order valence-electron chi connectivity index (χ3n) is 6.84. The first-order chi connectivity index (χ1) is 16.0. The van der Waals surface area contributed by atoms with Gasteiger partial charge in [-0.2, -0.15) is 0 Å². The van der Waals surface area contributed by atoms with Crippen LogP contribution in [0, 0.1) is 17.8 Å². The molecule has 0 bridgehead atoms. The summed E-state index contributed by atoms with van der Waals surface area (Å²) in [4.78, 5) is 24.7. The van der Waals surface area contributed by atoms with Gasteiger partial charge in [-0.25, -0.2) is 9.59 Å². The molecule has 10 heteroatoms. The summed E-state index contributed by atoms with van der Waals surface area (Å²) in [6, 6.07) is 0.347. The molecule has 0 aromatic rings. The van der Waals surface area contributed by atoms with Crippen molar-refractivity contribution in [3.05, 3.63) is 12.2 Å². The summed E-state index contributed by atoms with van der Waals surface area (Å²) in [7, 11) is 0. The van der Waals surface area contributed by atoms with Gasteiger partial charge in [0.2, 0.25) is 0 Å². The Kier molecular flexibility index (Phi) is 10.5. The van der Waals surface area contributed by atoms with E-state index < -0.39 is 11.9 Å². The van der Waals surface area contributed by atoms with Crippen molar-refractivity contribution in [3.63, 3.8) is 0 Å². The lowest BCUT2D eigenvalue weighted by Crippen LogP contribution is -2.50. The molecule has 0 aromatic carbocycles. The second-order valence-electron chi connectivity index (χ2n) is 9.00. The Labute approximate surface area is 194 Å². The molecule has 3 aliphatic rings. The van der Waals surface area contributed by atoms with Crippen LogP contribution in [0.1, 0.15) is 25.7 Å². The molecule has 3 N–H and O–H groups in total. The summed E-state index contributed by atoms with van der Waals surface area (Å²) in [5.74, 6) is -0.542. The van der Waals surface area contributed by atoms with Gasteiger partial charge in [-0.15, -0.1) is 0 Å². The molecule has 1 aliphatic carbocycles. The summed E-state index contributed by atoms with van der Waals surface area (Å²) in [6.45, 7) is 1.84. The van der Waals surface area contributed by atoms with Crippen molar-refractivity contribution in [2.45, 2.75) is 43.9 Å². The number of allylic oxidation sites excluding steroid dienone is 1. The van der Waals surface area contributed by atoms with Gasteiger partial charge in [-0.1, -0.05) is 12.2 Å². The number of hydrogen-bond acceptors (Lipinski definition) is 9. The Bertz CT molecular complexity index is 658. The average Bonchev–Trinajstić information content (AvgIpc) is 3.10. The van der Waals surface area contributed by atoms with Gasteiger partial charge in [0.05, 0.1) is 32.0 Å². The van der Waals surface area contributed by atoms with Gasteiger partial charge < -0.3 is 34.3 Å². The minimum Gasteiger partial charge on any atom is -0.480 e. The molecule has 188 valence electrons. The maximum atomic E-state index is 12.0. The number of carbonyl (C=O) groups is 2. The van der Waals surface area contributed by atoms with Gasteiger partial charge in [-0.3, -0.25) is 4.90 Å². The average molecular weight is 472 g/mol. The maximum absolute atomic E-state index is 12.0. The SMILES string of the molecule is O=C(O)COCCOCCOC(=O)COC1C=CC[C@H]2C[C@@H]3[C@@H](CCCO)[C@H](O)CN3C[C@@H]12. The minimum absolute atomic E-state index is 0.0935. The molecule has 6 atom stereocenters. The number of piperidine rings is 1. The van der Waals surface area contributed by atoms with E-state index in [1.54, 1.807) is 0 Å². The van der Waals surface area contributed by atoms with Crippen LogP contribution in [0.15, 0.2) is 12.2 Å². The molecule has 3 rings (SSSR count). The molecule has 0 radical (unpaired) electrons. The van der Waals surface area contributed by atoms with Gasteiger partial charge in [0, 0.05) is 37.6 Å². The first-order valence-electron chi connectivity index (χ1n) is 11.8. The minimum atomic E-state index is -1.03. The Morgan fingerprint density at radius 1 is 1.06 bits per heavy atom. The number of fused-ring (bicyclic) bond motifs is 2. The number of aliphatic hydroxyl groups excluding tert-OH is 2. The summed E-state index contributed by atoms with van der Waals surface area (Å²) in [5.41, 5.74) is 0. The molecule has 0 aromatic heterocycles. The van der Waals surface area contributed by atoms with Gasteiger partial charge in [0.25, 0.3) is 0 Å². The number of carbonyl (C=O) groups excluding carboxylic acids is 1. The van der Waals surface area contributed by atoms with E-state index in [1.807, 2.05) is 6.08 Å². The smallest absolute Gasteiger partial charge is 0.332 e. The number of nitrogens with zero attached hydrogens (tertiary/aromatic N) is 1. The van der Waals surface area contributed by atoms with Crippen LogP contribution in [0.3, 0.4) is 0 Å². The molecule has 0 spiro atoms. The fourth-order valence-electron chi connectivity index (χ4n) is 5.34. The van der Waals surface area contributed by atoms with Crippen LogP contribution in [0.4, 0.5) is 0 Å². The molecule has 33 heavy (non-hydrogen) atoms. The van der Waals surface area contributed by atoms with E-state index in [2.05, 4.69) is 11.0 Å². The van der Waals surface area contributed by atoms with Crippen molar-refractivity contribution in [1.82, 2.24) is 4.90 Å². The van der Waals surface area contributed by atoms with Crippen LogP contribution in [-0.4, -0.2) is 110 Å². The number of ether oxygens (including phenoxy) is 4. The first-order valence-corrected chi connectivity index (χ1v) is 11.8. The highest BCUT2D eigenvalue weighted by Crippen LogP contribution is 2.43. The third kappa shape index (κ3) is 7.73. The highest BCUT2D eigenvalue weighted by atomic mass is 16.6. The van der Waals surface area contributed by atoms with Crippen molar-refractivity contribution in [2.24, 2.45) is 17.8 Å². The van der Waals surface area contributed by atoms with Crippen molar-refractivity contribution < 1.29 is 43.9 Å². The molecule has 2 aliphatic heterocycles. The van der Waals surface area contributed by atoms with Crippen molar-refractivity contribution in [2.75, 3.05) is 59.3 Å². The molecule has 2 saturated heterocycles. The predicted molar refractivity (Wildman–Crippen MR) is 117 cm³/mol. The second kappa shape index (κ2) is 13.4. The normalized spacial score (nSPS) is 31.2. The highest BCUT2D eigenvalue weighted by Gasteiger charge is 2.48. The van der Waals surface area contributed by atoms with E-state index in [-0.39, 0.29) is 70.3 Å². The van der Waals surface area contributed by atoms with Gasteiger partial charge in [0.1, 0.15) is 19.8 Å². The quantitative estimate of drug-likeness (QED) is 0.181. The lowest BCUT2D eigenvalue weighted by atomic mass is 9.72. The fourth-order valence-corrected chi connectivity index (χ4v) is 5.34. The fraction of sp³-hybridized carbons (Fsp3) is 0.826. The van der Waals surface area contributed by atoms with Crippen molar-refractivity contribution in [1.29, 1.82) is 0 Å². The number of aliphatic hydroxyl groups is 2. The monoisotopic (exact) mass is 471 g/mol. The Morgan fingerprint density at radius 2 is 1.85 bits per heavy atom. The highest BCUT2D eigenvalue weighted by molar-refractivity contribution is 5.70. The van der Waals surface area contributed by atoms with E-state index in [1.165, 1.54) is 0 Å². The van der Waals surface area contributed by atoms with E-state index in [4.69, 9.17) is 24.1 Å². The predicted octanol–water partition coefficient (Wildman–Crippen LogP) is 0.0624. The third-order valence-corrected chi connectivity index (χ3v) is 6.84.